The third kappa shape index (κ3) is 9.60. The molecule has 0 radical (unpaired) electrons. The number of carbonyl (C=O) groups excluding carboxylic acids is 1. The molecule has 3 heterocycles. The van der Waals surface area contributed by atoms with Gasteiger partial charge in [-0.15, -0.1) is 0 Å². The van der Waals surface area contributed by atoms with E-state index in [-0.39, 0.29) is 35.7 Å². The third-order valence-corrected chi connectivity index (χ3v) is 11.2. The quantitative estimate of drug-likeness (QED) is 0.296. The summed E-state index contributed by atoms with van der Waals surface area (Å²) in [6, 6.07) is 12.7. The number of carbonyl (C=O) groups is 1. The van der Waals surface area contributed by atoms with Gasteiger partial charge < -0.3 is 34.5 Å². The minimum absolute atomic E-state index is 0.0759. The summed E-state index contributed by atoms with van der Waals surface area (Å²) in [7, 11) is -2.10. The first-order valence-electron chi connectivity index (χ1n) is 16.9. The first-order valence-corrected chi connectivity index (χ1v) is 18.3. The van der Waals surface area contributed by atoms with Crippen LogP contribution in [0.25, 0.3) is 0 Å². The average Bonchev–Trinajstić information content (AvgIpc) is 3.04. The van der Waals surface area contributed by atoms with Crippen LogP contribution in [0.15, 0.2) is 47.4 Å². The molecule has 2 aromatic rings. The van der Waals surface area contributed by atoms with Crippen molar-refractivity contribution in [1.82, 2.24) is 14.9 Å². The number of benzene rings is 2. The van der Waals surface area contributed by atoms with Crippen molar-refractivity contribution in [3.05, 3.63) is 53.6 Å². The lowest BCUT2D eigenvalue weighted by Crippen LogP contribution is -2.56. The fourth-order valence-corrected chi connectivity index (χ4v) is 8.39. The number of methoxy groups -OCH3 is 1. The van der Waals surface area contributed by atoms with Crippen LogP contribution in [-0.4, -0.2) is 95.7 Å². The molecule has 0 saturated carbocycles. The number of aryl methyl sites for hydroxylation is 1. The second kappa shape index (κ2) is 16.0. The van der Waals surface area contributed by atoms with E-state index in [1.54, 1.807) is 23.5 Å². The normalized spacial score (nSPS) is 21.1. The van der Waals surface area contributed by atoms with Crippen molar-refractivity contribution < 1.29 is 32.2 Å². The molecule has 0 aromatic heterocycles. The number of rotatable bonds is 13. The molecule has 0 aliphatic carbocycles. The van der Waals surface area contributed by atoms with Gasteiger partial charge in [0.15, 0.2) is 0 Å². The monoisotopic (exact) mass is 672 g/mol. The third-order valence-electron chi connectivity index (χ3n) is 9.24. The molecule has 2 amide bonds. The van der Waals surface area contributed by atoms with E-state index in [4.69, 9.17) is 18.9 Å². The number of urea groups is 1. The van der Waals surface area contributed by atoms with Crippen LogP contribution in [0, 0.1) is 6.92 Å². The highest BCUT2D eigenvalue weighted by atomic mass is 32.2. The van der Waals surface area contributed by atoms with Gasteiger partial charge in [-0.2, -0.15) is 4.31 Å². The van der Waals surface area contributed by atoms with Crippen molar-refractivity contribution in [3.63, 3.8) is 0 Å². The molecule has 3 aliphatic rings. The molecule has 12 heteroatoms. The molecule has 2 atom stereocenters. The zero-order valence-corrected chi connectivity index (χ0v) is 29.1. The standard InChI is InChI=1S/C35H52N4O7S/c1-26-6-11-31(12-7-26)47(41,42)39-24-30(10-9-29(39)23-35(2,3)37-34(40)36-28-14-19-44-20-15-28)46-25-27-8-13-33-32(22-27)38(17-21-45-33)16-5-18-43-4/h6-8,11-13,22,28-30H,5,9-10,14-21,23-25H2,1-4H3,(H2,36,37,40)/t29-,30+/m0/s1. The minimum atomic E-state index is -3.82. The van der Waals surface area contributed by atoms with Crippen molar-refractivity contribution in [2.24, 2.45) is 0 Å². The molecular weight excluding hydrogens is 620 g/mol. The second-order valence-corrected chi connectivity index (χ2v) is 15.5. The maximum Gasteiger partial charge on any atom is 0.315 e. The maximum absolute atomic E-state index is 14.1. The van der Waals surface area contributed by atoms with Crippen LogP contribution in [0.2, 0.25) is 0 Å². The average molecular weight is 673 g/mol. The summed E-state index contributed by atoms with van der Waals surface area (Å²) in [5.41, 5.74) is 2.42. The van der Waals surface area contributed by atoms with Gasteiger partial charge in [-0.1, -0.05) is 23.8 Å². The van der Waals surface area contributed by atoms with Crippen LogP contribution < -0.4 is 20.3 Å². The molecule has 5 rings (SSSR count). The molecule has 47 heavy (non-hydrogen) atoms. The van der Waals surface area contributed by atoms with Crippen LogP contribution in [0.4, 0.5) is 10.5 Å². The number of amides is 2. The van der Waals surface area contributed by atoms with E-state index in [1.165, 1.54) is 0 Å². The van der Waals surface area contributed by atoms with E-state index < -0.39 is 15.6 Å². The van der Waals surface area contributed by atoms with Crippen molar-refractivity contribution in [2.45, 2.75) is 94.5 Å². The number of sulfonamides is 1. The lowest BCUT2D eigenvalue weighted by Gasteiger charge is -2.42. The van der Waals surface area contributed by atoms with Crippen molar-refractivity contribution >= 4 is 21.7 Å². The summed E-state index contributed by atoms with van der Waals surface area (Å²) in [5, 5.41) is 6.17. The van der Waals surface area contributed by atoms with Gasteiger partial charge in [0.1, 0.15) is 12.4 Å². The van der Waals surface area contributed by atoms with Gasteiger partial charge in [0.25, 0.3) is 0 Å². The van der Waals surface area contributed by atoms with Gasteiger partial charge in [0.2, 0.25) is 10.0 Å². The number of nitrogens with one attached hydrogen (secondary N) is 2. The first kappa shape index (κ1) is 35.4. The van der Waals surface area contributed by atoms with Crippen LogP contribution >= 0.6 is 0 Å². The molecule has 0 spiro atoms. The molecule has 0 unspecified atom stereocenters. The molecule has 11 nitrogen and oxygen atoms in total. The van der Waals surface area contributed by atoms with Crippen molar-refractivity contribution in [1.29, 1.82) is 0 Å². The zero-order valence-electron chi connectivity index (χ0n) is 28.3. The fraction of sp³-hybridized carbons (Fsp3) is 0.629. The SMILES string of the molecule is COCCCN1CCOc2ccc(CO[C@@H]3CC[C@@H](CC(C)(C)NC(=O)NC4CCOCC4)N(S(=O)(=O)c4ccc(C)cc4)C3)cc21. The van der Waals surface area contributed by atoms with E-state index in [9.17, 15) is 13.2 Å². The maximum atomic E-state index is 14.1. The Balaban J connectivity index is 1.27. The summed E-state index contributed by atoms with van der Waals surface area (Å²) in [4.78, 5) is 15.5. The largest absolute Gasteiger partial charge is 0.490 e. The van der Waals surface area contributed by atoms with Crippen molar-refractivity contribution in [3.8, 4) is 5.75 Å². The summed E-state index contributed by atoms with van der Waals surface area (Å²) in [6.07, 6.45) is 4.02. The fourth-order valence-electron chi connectivity index (χ4n) is 6.71. The van der Waals surface area contributed by atoms with Gasteiger partial charge in [-0.25, -0.2) is 13.2 Å². The van der Waals surface area contributed by atoms with Gasteiger partial charge in [-0.05, 0) is 89.1 Å². The molecular formula is C35H52N4O7S. The minimum Gasteiger partial charge on any atom is -0.490 e. The number of anilines is 1. The lowest BCUT2D eigenvalue weighted by atomic mass is 9.90. The van der Waals surface area contributed by atoms with Crippen LogP contribution in [0.5, 0.6) is 5.75 Å². The Hall–Kier alpha value is -2.90. The predicted molar refractivity (Wildman–Crippen MR) is 182 cm³/mol. The van der Waals surface area contributed by atoms with E-state index in [2.05, 4.69) is 21.6 Å². The smallest absolute Gasteiger partial charge is 0.315 e. The highest BCUT2D eigenvalue weighted by molar-refractivity contribution is 7.89. The Morgan fingerprint density at radius 2 is 1.81 bits per heavy atom. The summed E-state index contributed by atoms with van der Waals surface area (Å²) >= 11 is 0. The van der Waals surface area contributed by atoms with Gasteiger partial charge in [-0.3, -0.25) is 0 Å². The number of hydrogen-bond acceptors (Lipinski definition) is 8. The topological polar surface area (TPSA) is 119 Å². The molecule has 2 N–H and O–H groups in total. The van der Waals surface area contributed by atoms with E-state index in [1.807, 2.05) is 45.0 Å². The summed E-state index contributed by atoms with van der Waals surface area (Å²) in [5.74, 6) is 0.867. The van der Waals surface area contributed by atoms with E-state index in [0.29, 0.717) is 52.3 Å². The highest BCUT2D eigenvalue weighted by Gasteiger charge is 2.40. The molecule has 2 saturated heterocycles. The molecule has 2 aromatic carbocycles. The van der Waals surface area contributed by atoms with Gasteiger partial charge in [0.05, 0.1) is 29.8 Å². The highest BCUT2D eigenvalue weighted by Crippen LogP contribution is 2.34. The van der Waals surface area contributed by atoms with Gasteiger partial charge in [0, 0.05) is 57.6 Å². The predicted octanol–water partition coefficient (Wildman–Crippen LogP) is 4.62. The lowest BCUT2D eigenvalue weighted by molar-refractivity contribution is -0.00819. The van der Waals surface area contributed by atoms with Crippen LogP contribution in [-0.2, 0) is 30.8 Å². The Labute approximate surface area is 280 Å². The molecule has 2 fully saturated rings. The van der Waals surface area contributed by atoms with E-state index in [0.717, 1.165) is 54.9 Å². The number of hydrogen-bond donors (Lipinski definition) is 2. The van der Waals surface area contributed by atoms with Gasteiger partial charge >= 0.3 is 6.03 Å². The first-order chi connectivity index (χ1) is 22.5. The Morgan fingerprint density at radius 3 is 2.55 bits per heavy atom. The Bertz CT molecular complexity index is 1430. The Kier molecular flexibility index (Phi) is 12.1. The summed E-state index contributed by atoms with van der Waals surface area (Å²) in [6.45, 7) is 10.8. The number of ether oxygens (including phenoxy) is 4. The molecule has 260 valence electrons. The van der Waals surface area contributed by atoms with Crippen molar-refractivity contribution in [2.75, 3.05) is 58.1 Å². The van der Waals surface area contributed by atoms with Crippen LogP contribution in [0.3, 0.4) is 0 Å². The molecule has 3 aliphatic heterocycles. The second-order valence-electron chi connectivity index (χ2n) is 13.6. The number of fused-ring (bicyclic) bond motifs is 1. The van der Waals surface area contributed by atoms with Crippen LogP contribution in [0.1, 0.15) is 63.5 Å². The summed E-state index contributed by atoms with van der Waals surface area (Å²) < 4.78 is 52.9. The number of nitrogens with zero attached hydrogens (tertiary/aromatic N) is 2. The molecule has 0 bridgehead atoms. The number of piperidine rings is 1. The van der Waals surface area contributed by atoms with E-state index >= 15 is 0 Å². The zero-order chi connectivity index (χ0) is 33.4. The Morgan fingerprint density at radius 1 is 1.04 bits per heavy atom.